The first-order valence-corrected chi connectivity index (χ1v) is 6.54. The summed E-state index contributed by atoms with van der Waals surface area (Å²) in [6.07, 6.45) is 5.45. The van der Waals surface area contributed by atoms with E-state index >= 15 is 0 Å². The highest BCUT2D eigenvalue weighted by Gasteiger charge is 2.50. The summed E-state index contributed by atoms with van der Waals surface area (Å²) in [7, 11) is 0. The van der Waals surface area contributed by atoms with E-state index in [0.717, 1.165) is 13.2 Å². The Balaban J connectivity index is 2.35. The van der Waals surface area contributed by atoms with Gasteiger partial charge in [0.2, 0.25) is 0 Å². The summed E-state index contributed by atoms with van der Waals surface area (Å²) in [5.41, 5.74) is 0.365. The van der Waals surface area contributed by atoms with Crippen molar-refractivity contribution in [2.24, 2.45) is 5.41 Å². The zero-order chi connectivity index (χ0) is 11.3. The molecule has 0 spiro atoms. The Bertz CT molecular complexity index is 181. The molecule has 1 fully saturated rings. The van der Waals surface area contributed by atoms with Crippen LogP contribution < -0.4 is 5.32 Å². The fourth-order valence-corrected chi connectivity index (χ4v) is 2.52. The Kier molecular flexibility index (Phi) is 5.07. The van der Waals surface area contributed by atoms with Crippen molar-refractivity contribution >= 4 is 0 Å². The second-order valence-electron chi connectivity index (χ2n) is 4.90. The first-order valence-electron chi connectivity index (χ1n) is 6.54. The lowest BCUT2D eigenvalue weighted by Crippen LogP contribution is -2.62. The fraction of sp³-hybridized carbons (Fsp3) is 1.00. The van der Waals surface area contributed by atoms with E-state index in [1.54, 1.807) is 0 Å². The molecule has 1 rings (SSSR count). The van der Waals surface area contributed by atoms with Gasteiger partial charge in [-0.3, -0.25) is 0 Å². The Morgan fingerprint density at radius 3 is 2.60 bits per heavy atom. The molecule has 0 amide bonds. The maximum atomic E-state index is 5.78. The van der Waals surface area contributed by atoms with E-state index in [2.05, 4.69) is 33.0 Å². The first kappa shape index (κ1) is 13.0. The van der Waals surface area contributed by atoms with Crippen molar-refractivity contribution < 1.29 is 4.74 Å². The van der Waals surface area contributed by atoms with Crippen molar-refractivity contribution in [2.45, 2.75) is 65.5 Å². The Labute approximate surface area is 94.8 Å². The van der Waals surface area contributed by atoms with Crippen LogP contribution in [0.25, 0.3) is 0 Å². The van der Waals surface area contributed by atoms with E-state index in [1.807, 2.05) is 0 Å². The van der Waals surface area contributed by atoms with Gasteiger partial charge in [0.25, 0.3) is 0 Å². The van der Waals surface area contributed by atoms with Gasteiger partial charge in [-0.2, -0.15) is 0 Å². The van der Waals surface area contributed by atoms with Gasteiger partial charge in [0.15, 0.2) is 0 Å². The van der Waals surface area contributed by atoms with Gasteiger partial charge in [-0.1, -0.05) is 27.2 Å². The molecule has 0 saturated heterocycles. The van der Waals surface area contributed by atoms with Crippen LogP contribution in [0.2, 0.25) is 0 Å². The van der Waals surface area contributed by atoms with Gasteiger partial charge in [-0.25, -0.2) is 0 Å². The number of hydrogen-bond donors (Lipinski definition) is 1. The lowest BCUT2D eigenvalue weighted by molar-refractivity contribution is -0.125. The average molecular weight is 213 g/mol. The highest BCUT2D eigenvalue weighted by Crippen LogP contribution is 2.45. The van der Waals surface area contributed by atoms with E-state index in [0.29, 0.717) is 17.6 Å². The second kappa shape index (κ2) is 5.86. The number of rotatable bonds is 7. The molecular formula is C13H27NO. The highest BCUT2D eigenvalue weighted by atomic mass is 16.5. The number of hydrogen-bond acceptors (Lipinski definition) is 2. The van der Waals surface area contributed by atoms with Gasteiger partial charge in [-0.15, -0.1) is 0 Å². The molecule has 1 aliphatic rings. The largest absolute Gasteiger partial charge is 0.378 e. The predicted molar refractivity (Wildman–Crippen MR) is 65.1 cm³/mol. The molecule has 1 N–H and O–H groups in total. The van der Waals surface area contributed by atoms with Gasteiger partial charge >= 0.3 is 0 Å². The molecule has 2 nitrogen and oxygen atoms in total. The minimum Gasteiger partial charge on any atom is -0.378 e. The topological polar surface area (TPSA) is 21.3 Å². The minimum atomic E-state index is 0.365. The molecule has 2 heteroatoms. The monoisotopic (exact) mass is 213 g/mol. The average Bonchev–Trinajstić information content (AvgIpc) is 2.26. The van der Waals surface area contributed by atoms with Crippen LogP contribution in [0.15, 0.2) is 0 Å². The Hall–Kier alpha value is -0.0800. The molecule has 90 valence electrons. The number of ether oxygens (including phenoxy) is 1. The third-order valence-corrected chi connectivity index (χ3v) is 4.03. The summed E-state index contributed by atoms with van der Waals surface area (Å²) >= 11 is 0. The van der Waals surface area contributed by atoms with Gasteiger partial charge in [-0.05, 0) is 32.7 Å². The van der Waals surface area contributed by atoms with Gasteiger partial charge in [0, 0.05) is 18.1 Å². The fourth-order valence-electron chi connectivity index (χ4n) is 2.52. The van der Waals surface area contributed by atoms with Gasteiger partial charge in [0.05, 0.1) is 6.10 Å². The molecule has 15 heavy (non-hydrogen) atoms. The molecule has 0 radical (unpaired) electrons. The quantitative estimate of drug-likeness (QED) is 0.656. The third kappa shape index (κ3) is 2.73. The molecule has 0 aromatic rings. The third-order valence-electron chi connectivity index (χ3n) is 4.03. The highest BCUT2D eigenvalue weighted by molar-refractivity contribution is 5.04. The molecule has 0 heterocycles. The van der Waals surface area contributed by atoms with E-state index in [-0.39, 0.29) is 0 Å². The van der Waals surface area contributed by atoms with E-state index in [4.69, 9.17) is 4.74 Å². The van der Waals surface area contributed by atoms with E-state index in [1.165, 1.54) is 25.7 Å². The van der Waals surface area contributed by atoms with Gasteiger partial charge in [0.1, 0.15) is 0 Å². The minimum absolute atomic E-state index is 0.365. The van der Waals surface area contributed by atoms with Gasteiger partial charge < -0.3 is 10.1 Å². The molecule has 0 aliphatic heterocycles. The Morgan fingerprint density at radius 2 is 2.07 bits per heavy atom. The molecule has 0 aromatic carbocycles. The van der Waals surface area contributed by atoms with Crippen LogP contribution in [-0.4, -0.2) is 25.3 Å². The smallest absolute Gasteiger partial charge is 0.0658 e. The van der Waals surface area contributed by atoms with Crippen molar-refractivity contribution in [1.82, 2.24) is 5.32 Å². The Morgan fingerprint density at radius 1 is 1.33 bits per heavy atom. The van der Waals surface area contributed by atoms with Crippen LogP contribution in [0.5, 0.6) is 0 Å². The van der Waals surface area contributed by atoms with Crippen LogP contribution in [0, 0.1) is 5.41 Å². The summed E-state index contributed by atoms with van der Waals surface area (Å²) in [5, 5.41) is 3.67. The maximum absolute atomic E-state index is 5.78. The van der Waals surface area contributed by atoms with Crippen molar-refractivity contribution in [3.63, 3.8) is 0 Å². The maximum Gasteiger partial charge on any atom is 0.0658 e. The van der Waals surface area contributed by atoms with Crippen LogP contribution in [0.4, 0.5) is 0 Å². The second-order valence-corrected chi connectivity index (χ2v) is 4.90. The number of unbranched alkanes of at least 4 members (excludes halogenated alkanes) is 1. The van der Waals surface area contributed by atoms with Crippen LogP contribution in [0.3, 0.4) is 0 Å². The van der Waals surface area contributed by atoms with Crippen molar-refractivity contribution in [1.29, 1.82) is 0 Å². The predicted octanol–water partition coefficient (Wildman–Crippen LogP) is 2.97. The summed E-state index contributed by atoms with van der Waals surface area (Å²) in [5.74, 6) is 0. The SMILES string of the molecule is CCCCNC1CC(OCC)C1(C)CC. The van der Waals surface area contributed by atoms with Crippen LogP contribution >= 0.6 is 0 Å². The molecule has 0 aromatic heterocycles. The van der Waals surface area contributed by atoms with Crippen LogP contribution in [-0.2, 0) is 4.74 Å². The molecule has 3 atom stereocenters. The normalized spacial score (nSPS) is 35.2. The van der Waals surface area contributed by atoms with E-state index in [9.17, 15) is 0 Å². The summed E-state index contributed by atoms with van der Waals surface area (Å²) in [6, 6.07) is 0.672. The zero-order valence-electron chi connectivity index (χ0n) is 10.8. The molecule has 3 unspecified atom stereocenters. The summed E-state index contributed by atoms with van der Waals surface area (Å²) in [4.78, 5) is 0. The summed E-state index contributed by atoms with van der Waals surface area (Å²) in [6.45, 7) is 11.0. The van der Waals surface area contributed by atoms with Crippen molar-refractivity contribution in [3.05, 3.63) is 0 Å². The molecule has 0 bridgehead atoms. The van der Waals surface area contributed by atoms with Crippen molar-refractivity contribution in [3.8, 4) is 0 Å². The number of nitrogens with one attached hydrogen (secondary N) is 1. The summed E-state index contributed by atoms with van der Waals surface area (Å²) < 4.78 is 5.78. The molecule has 1 aliphatic carbocycles. The first-order chi connectivity index (χ1) is 7.19. The van der Waals surface area contributed by atoms with E-state index < -0.39 is 0 Å². The standard InChI is InChI=1S/C13H27NO/c1-5-8-9-14-11-10-12(15-7-3)13(11,4)6-2/h11-12,14H,5-10H2,1-4H3. The molecule has 1 saturated carbocycles. The lowest BCUT2D eigenvalue weighted by Gasteiger charge is -2.53. The lowest BCUT2D eigenvalue weighted by atomic mass is 9.61. The van der Waals surface area contributed by atoms with Crippen molar-refractivity contribution in [2.75, 3.05) is 13.2 Å². The molecular weight excluding hydrogens is 186 g/mol. The van der Waals surface area contributed by atoms with Crippen LogP contribution in [0.1, 0.15) is 53.4 Å². The zero-order valence-corrected chi connectivity index (χ0v) is 10.8.